The number of carbonyl (C=O) groups is 1. The summed E-state index contributed by atoms with van der Waals surface area (Å²) in [6.45, 7) is 4.39. The van der Waals surface area contributed by atoms with Gasteiger partial charge < -0.3 is 5.32 Å². The van der Waals surface area contributed by atoms with Gasteiger partial charge in [0.1, 0.15) is 0 Å². The van der Waals surface area contributed by atoms with Gasteiger partial charge >= 0.3 is 0 Å². The molecule has 0 aromatic heterocycles. The van der Waals surface area contributed by atoms with Crippen molar-refractivity contribution >= 4 is 29.1 Å². The molecular weight excluding hydrogens is 317 g/mol. The van der Waals surface area contributed by atoms with Crippen LogP contribution in [0.5, 0.6) is 0 Å². The zero-order chi connectivity index (χ0) is 16.2. The van der Waals surface area contributed by atoms with Crippen LogP contribution in [0.2, 0.25) is 10.0 Å². The number of rotatable bonds is 5. The summed E-state index contributed by atoms with van der Waals surface area (Å²) in [4.78, 5) is 12.4. The highest BCUT2D eigenvalue weighted by Crippen LogP contribution is 2.23. The maximum absolute atomic E-state index is 12.4. The molecule has 0 aliphatic carbocycles. The Morgan fingerprint density at radius 1 is 1.09 bits per heavy atom. The first kappa shape index (κ1) is 16.9. The molecule has 0 spiro atoms. The fourth-order valence-corrected chi connectivity index (χ4v) is 2.74. The molecule has 4 heteroatoms. The molecule has 0 saturated heterocycles. The lowest BCUT2D eigenvalue weighted by Crippen LogP contribution is -2.40. The van der Waals surface area contributed by atoms with Crippen molar-refractivity contribution in [2.24, 2.45) is 0 Å². The fraction of sp³-hybridized carbons (Fsp3) is 0.278. The first-order valence-corrected chi connectivity index (χ1v) is 7.94. The van der Waals surface area contributed by atoms with Crippen LogP contribution in [0.4, 0.5) is 0 Å². The Hall–Kier alpha value is -1.51. The zero-order valence-electron chi connectivity index (χ0n) is 12.7. The molecule has 0 atom stereocenters. The molecule has 2 nitrogen and oxygen atoms in total. The molecule has 0 heterocycles. The Balaban J connectivity index is 1.95. The van der Waals surface area contributed by atoms with E-state index in [1.54, 1.807) is 12.1 Å². The summed E-state index contributed by atoms with van der Waals surface area (Å²) in [6, 6.07) is 15.2. The molecule has 1 N–H and O–H groups in total. The molecular formula is C18H19Cl2NO. The van der Waals surface area contributed by atoms with Crippen LogP contribution in [0.25, 0.3) is 0 Å². The maximum atomic E-state index is 12.4. The van der Waals surface area contributed by atoms with E-state index in [0.29, 0.717) is 23.0 Å². The molecule has 0 unspecified atom stereocenters. The lowest BCUT2D eigenvalue weighted by atomic mass is 9.84. The highest BCUT2D eigenvalue weighted by molar-refractivity contribution is 6.35. The smallest absolute Gasteiger partial charge is 0.230 e. The summed E-state index contributed by atoms with van der Waals surface area (Å²) in [5, 5.41) is 4.22. The van der Waals surface area contributed by atoms with Gasteiger partial charge in [0, 0.05) is 16.6 Å². The Morgan fingerprint density at radius 3 is 2.41 bits per heavy atom. The van der Waals surface area contributed by atoms with Crippen molar-refractivity contribution in [2.75, 3.05) is 6.54 Å². The molecule has 0 bridgehead atoms. The van der Waals surface area contributed by atoms with Gasteiger partial charge in [-0.15, -0.1) is 0 Å². The maximum Gasteiger partial charge on any atom is 0.230 e. The van der Waals surface area contributed by atoms with Gasteiger partial charge in [0.2, 0.25) is 5.91 Å². The first-order valence-electron chi connectivity index (χ1n) is 7.19. The van der Waals surface area contributed by atoms with Crippen LogP contribution in [0, 0.1) is 0 Å². The summed E-state index contributed by atoms with van der Waals surface area (Å²) in [7, 11) is 0. The third-order valence-electron chi connectivity index (χ3n) is 3.76. The second-order valence-corrected chi connectivity index (χ2v) is 6.58. The van der Waals surface area contributed by atoms with Crippen molar-refractivity contribution in [3.8, 4) is 0 Å². The third-order valence-corrected chi connectivity index (χ3v) is 4.35. The number of nitrogens with one attached hydrogen (secondary N) is 1. The van der Waals surface area contributed by atoms with Crippen LogP contribution in [0.1, 0.15) is 25.0 Å². The van der Waals surface area contributed by atoms with E-state index < -0.39 is 5.41 Å². The molecule has 0 radical (unpaired) electrons. The summed E-state index contributed by atoms with van der Waals surface area (Å²) < 4.78 is 0. The van der Waals surface area contributed by atoms with Crippen molar-refractivity contribution in [1.82, 2.24) is 5.32 Å². The van der Waals surface area contributed by atoms with Crippen molar-refractivity contribution in [2.45, 2.75) is 25.7 Å². The van der Waals surface area contributed by atoms with Crippen LogP contribution in [-0.4, -0.2) is 12.5 Å². The van der Waals surface area contributed by atoms with Gasteiger partial charge in [-0.2, -0.15) is 0 Å². The standard InChI is InChI=1S/C18H19Cl2NO/c1-18(2,14-6-4-3-5-7-14)17(22)21-11-10-13-8-9-15(19)12-16(13)20/h3-9,12H,10-11H2,1-2H3,(H,21,22). The van der Waals surface area contributed by atoms with Gasteiger partial charge in [0.25, 0.3) is 0 Å². The molecule has 2 aromatic carbocycles. The van der Waals surface area contributed by atoms with Crippen molar-refractivity contribution in [3.63, 3.8) is 0 Å². The van der Waals surface area contributed by atoms with E-state index in [4.69, 9.17) is 23.2 Å². The lowest BCUT2D eigenvalue weighted by Gasteiger charge is -2.24. The highest BCUT2D eigenvalue weighted by atomic mass is 35.5. The minimum atomic E-state index is -0.564. The average Bonchev–Trinajstić information content (AvgIpc) is 2.50. The summed E-state index contributed by atoms with van der Waals surface area (Å²) in [6.07, 6.45) is 0.673. The highest BCUT2D eigenvalue weighted by Gasteiger charge is 2.29. The minimum absolute atomic E-state index is 0.00351. The monoisotopic (exact) mass is 335 g/mol. The normalized spacial score (nSPS) is 11.3. The summed E-state index contributed by atoms with van der Waals surface area (Å²) in [5.74, 6) is 0.00351. The van der Waals surface area contributed by atoms with Gasteiger partial charge in [0.05, 0.1) is 5.41 Å². The largest absolute Gasteiger partial charge is 0.355 e. The van der Waals surface area contributed by atoms with Crippen LogP contribution in [-0.2, 0) is 16.6 Å². The van der Waals surface area contributed by atoms with Gasteiger partial charge in [-0.05, 0) is 43.5 Å². The number of amides is 1. The zero-order valence-corrected chi connectivity index (χ0v) is 14.2. The summed E-state index contributed by atoms with van der Waals surface area (Å²) >= 11 is 12.0. The van der Waals surface area contributed by atoms with Crippen LogP contribution >= 0.6 is 23.2 Å². The van der Waals surface area contributed by atoms with Crippen LogP contribution in [0.3, 0.4) is 0 Å². The number of hydrogen-bond acceptors (Lipinski definition) is 1. The fourth-order valence-electron chi connectivity index (χ4n) is 2.24. The van der Waals surface area contributed by atoms with E-state index in [0.717, 1.165) is 11.1 Å². The second kappa shape index (κ2) is 7.17. The molecule has 0 saturated carbocycles. The Labute approximate surface area is 141 Å². The van der Waals surface area contributed by atoms with Gasteiger partial charge in [0.15, 0.2) is 0 Å². The van der Waals surface area contributed by atoms with Crippen LogP contribution < -0.4 is 5.32 Å². The van der Waals surface area contributed by atoms with Crippen molar-refractivity contribution in [3.05, 3.63) is 69.7 Å². The molecule has 116 valence electrons. The number of benzene rings is 2. The third kappa shape index (κ3) is 4.02. The predicted molar refractivity (Wildman–Crippen MR) is 92.6 cm³/mol. The Bertz CT molecular complexity index is 653. The van der Waals surface area contributed by atoms with E-state index in [1.807, 2.05) is 50.2 Å². The molecule has 0 fully saturated rings. The molecule has 0 aliphatic rings. The van der Waals surface area contributed by atoms with Crippen molar-refractivity contribution in [1.29, 1.82) is 0 Å². The van der Waals surface area contributed by atoms with E-state index >= 15 is 0 Å². The molecule has 22 heavy (non-hydrogen) atoms. The number of carbonyl (C=O) groups excluding carboxylic acids is 1. The van der Waals surface area contributed by atoms with Gasteiger partial charge in [-0.1, -0.05) is 59.6 Å². The second-order valence-electron chi connectivity index (χ2n) is 5.73. The molecule has 2 aromatic rings. The van der Waals surface area contributed by atoms with E-state index in [-0.39, 0.29) is 5.91 Å². The predicted octanol–water partition coefficient (Wildman–Crippen LogP) is 4.63. The van der Waals surface area contributed by atoms with Crippen molar-refractivity contribution < 1.29 is 4.79 Å². The average molecular weight is 336 g/mol. The van der Waals surface area contributed by atoms with Crippen LogP contribution in [0.15, 0.2) is 48.5 Å². The number of hydrogen-bond donors (Lipinski definition) is 1. The quantitative estimate of drug-likeness (QED) is 0.847. The first-order chi connectivity index (χ1) is 10.4. The lowest BCUT2D eigenvalue weighted by molar-refractivity contribution is -0.125. The Kier molecular flexibility index (Phi) is 5.49. The molecule has 2 rings (SSSR count). The van der Waals surface area contributed by atoms with E-state index in [9.17, 15) is 4.79 Å². The number of halogens is 2. The Morgan fingerprint density at radius 2 is 1.77 bits per heavy atom. The molecule has 1 amide bonds. The summed E-state index contributed by atoms with van der Waals surface area (Å²) in [5.41, 5.74) is 1.41. The SMILES string of the molecule is CC(C)(C(=O)NCCc1ccc(Cl)cc1Cl)c1ccccc1. The van der Waals surface area contributed by atoms with E-state index in [2.05, 4.69) is 5.32 Å². The molecule has 0 aliphatic heterocycles. The van der Waals surface area contributed by atoms with Gasteiger partial charge in [-0.3, -0.25) is 4.79 Å². The topological polar surface area (TPSA) is 29.1 Å². The minimum Gasteiger partial charge on any atom is -0.355 e. The van der Waals surface area contributed by atoms with Gasteiger partial charge in [-0.25, -0.2) is 0 Å². The van der Waals surface area contributed by atoms with E-state index in [1.165, 1.54) is 0 Å².